The molecule has 1 fully saturated rings. The lowest BCUT2D eigenvalue weighted by atomic mass is 9.93. The first kappa shape index (κ1) is 22.2. The SMILES string of the molecule is CCCCC(C(=O)N1CCCC1C(=O)NC1CCc2ccccc21)C(O)C(=O)NO. The number of hydroxylamine groups is 1. The Morgan fingerprint density at radius 1 is 1.23 bits per heavy atom. The molecule has 164 valence electrons. The number of likely N-dealkylation sites (tertiary alicyclic amines) is 1. The van der Waals surface area contributed by atoms with Gasteiger partial charge in [0.2, 0.25) is 11.8 Å². The van der Waals surface area contributed by atoms with E-state index >= 15 is 0 Å². The van der Waals surface area contributed by atoms with Gasteiger partial charge in [0.25, 0.3) is 5.91 Å². The highest BCUT2D eigenvalue weighted by atomic mass is 16.5. The monoisotopic (exact) mass is 417 g/mol. The van der Waals surface area contributed by atoms with Gasteiger partial charge in [-0.1, -0.05) is 44.0 Å². The van der Waals surface area contributed by atoms with Gasteiger partial charge in [-0.2, -0.15) is 0 Å². The smallest absolute Gasteiger partial charge is 0.272 e. The Morgan fingerprint density at radius 3 is 2.73 bits per heavy atom. The molecule has 1 aromatic carbocycles. The summed E-state index contributed by atoms with van der Waals surface area (Å²) in [6.07, 6.45) is 3.08. The third-order valence-corrected chi connectivity index (χ3v) is 6.23. The van der Waals surface area contributed by atoms with E-state index in [0.29, 0.717) is 32.2 Å². The molecular weight excluding hydrogens is 386 g/mol. The fourth-order valence-corrected chi connectivity index (χ4v) is 4.58. The molecule has 8 heteroatoms. The van der Waals surface area contributed by atoms with Gasteiger partial charge in [-0.25, -0.2) is 5.48 Å². The third-order valence-electron chi connectivity index (χ3n) is 6.23. The topological polar surface area (TPSA) is 119 Å². The maximum atomic E-state index is 13.2. The van der Waals surface area contributed by atoms with E-state index in [1.807, 2.05) is 25.1 Å². The molecule has 4 N–H and O–H groups in total. The fraction of sp³-hybridized carbons (Fsp3) is 0.591. The summed E-state index contributed by atoms with van der Waals surface area (Å²) in [5.74, 6) is -2.60. The van der Waals surface area contributed by atoms with Crippen LogP contribution in [0.1, 0.15) is 62.6 Å². The highest BCUT2D eigenvalue weighted by Gasteiger charge is 2.41. The molecule has 2 aliphatic rings. The van der Waals surface area contributed by atoms with E-state index in [2.05, 4.69) is 11.4 Å². The Morgan fingerprint density at radius 2 is 2.00 bits per heavy atom. The van der Waals surface area contributed by atoms with Crippen LogP contribution in [-0.2, 0) is 20.8 Å². The normalized spacial score (nSPS) is 22.3. The molecule has 0 saturated carbocycles. The summed E-state index contributed by atoms with van der Waals surface area (Å²) >= 11 is 0. The highest BCUT2D eigenvalue weighted by molar-refractivity contribution is 5.92. The van der Waals surface area contributed by atoms with Gasteiger partial charge in [0.05, 0.1) is 12.0 Å². The number of aliphatic hydroxyl groups excluding tert-OH is 1. The molecule has 0 aromatic heterocycles. The number of benzene rings is 1. The molecular formula is C22H31N3O5. The molecule has 3 amide bonds. The summed E-state index contributed by atoms with van der Waals surface area (Å²) in [4.78, 5) is 39.5. The maximum absolute atomic E-state index is 13.2. The number of nitrogens with one attached hydrogen (secondary N) is 2. The minimum absolute atomic E-state index is 0.0621. The number of fused-ring (bicyclic) bond motifs is 1. The van der Waals surface area contributed by atoms with E-state index in [9.17, 15) is 19.5 Å². The van der Waals surface area contributed by atoms with E-state index in [4.69, 9.17) is 5.21 Å². The van der Waals surface area contributed by atoms with Crippen LogP contribution in [0, 0.1) is 5.92 Å². The minimum Gasteiger partial charge on any atom is -0.382 e. The summed E-state index contributed by atoms with van der Waals surface area (Å²) < 4.78 is 0. The van der Waals surface area contributed by atoms with Crippen LogP contribution in [0.4, 0.5) is 0 Å². The number of carbonyl (C=O) groups excluding carboxylic acids is 3. The number of hydrogen-bond acceptors (Lipinski definition) is 5. The number of unbranched alkanes of at least 4 members (excludes halogenated alkanes) is 1. The zero-order valence-corrected chi connectivity index (χ0v) is 17.3. The van der Waals surface area contributed by atoms with Crippen molar-refractivity contribution in [2.24, 2.45) is 5.92 Å². The third kappa shape index (κ3) is 4.65. The van der Waals surface area contributed by atoms with Crippen molar-refractivity contribution in [3.63, 3.8) is 0 Å². The van der Waals surface area contributed by atoms with Crippen molar-refractivity contribution in [1.29, 1.82) is 0 Å². The zero-order valence-electron chi connectivity index (χ0n) is 17.3. The summed E-state index contributed by atoms with van der Waals surface area (Å²) in [7, 11) is 0. The summed E-state index contributed by atoms with van der Waals surface area (Å²) in [6, 6.07) is 7.37. The lowest BCUT2D eigenvalue weighted by Gasteiger charge is -2.30. The predicted molar refractivity (Wildman–Crippen MR) is 109 cm³/mol. The number of rotatable bonds is 8. The Kier molecular flexibility index (Phi) is 7.44. The molecule has 0 radical (unpaired) electrons. The molecule has 4 unspecified atom stereocenters. The molecule has 4 atom stereocenters. The second kappa shape index (κ2) is 10.0. The van der Waals surface area contributed by atoms with Crippen LogP contribution in [-0.4, -0.2) is 51.6 Å². The van der Waals surface area contributed by atoms with E-state index < -0.39 is 29.9 Å². The molecule has 0 spiro atoms. The second-order valence-corrected chi connectivity index (χ2v) is 8.16. The van der Waals surface area contributed by atoms with Crippen LogP contribution in [0.3, 0.4) is 0 Å². The van der Waals surface area contributed by atoms with Gasteiger partial charge in [-0.15, -0.1) is 0 Å². The van der Waals surface area contributed by atoms with E-state index in [1.165, 1.54) is 15.9 Å². The summed E-state index contributed by atoms with van der Waals surface area (Å²) in [6.45, 7) is 2.36. The van der Waals surface area contributed by atoms with E-state index in [1.54, 1.807) is 0 Å². The predicted octanol–water partition coefficient (Wildman–Crippen LogP) is 1.45. The molecule has 1 saturated heterocycles. The Balaban J connectivity index is 1.70. The Hall–Kier alpha value is -2.45. The van der Waals surface area contributed by atoms with Crippen molar-refractivity contribution in [3.8, 4) is 0 Å². The van der Waals surface area contributed by atoms with Crippen molar-refractivity contribution < 1.29 is 24.7 Å². The largest absolute Gasteiger partial charge is 0.382 e. The number of nitrogens with zero attached hydrogens (tertiary/aromatic N) is 1. The molecule has 1 aliphatic heterocycles. The number of aryl methyl sites for hydroxylation is 1. The van der Waals surface area contributed by atoms with Crippen LogP contribution in [0.5, 0.6) is 0 Å². The van der Waals surface area contributed by atoms with Crippen LogP contribution in [0.2, 0.25) is 0 Å². The molecule has 3 rings (SSSR count). The van der Waals surface area contributed by atoms with E-state index in [0.717, 1.165) is 24.8 Å². The van der Waals surface area contributed by atoms with Gasteiger partial charge in [-0.3, -0.25) is 19.6 Å². The standard InChI is InChI=1S/C22H31N3O5/c1-2-3-8-16(19(26)21(28)24-30)22(29)25-13-6-10-18(25)20(27)23-17-12-11-14-7-4-5-9-15(14)17/h4-5,7,9,16-19,26,30H,2-3,6,8,10-13H2,1H3,(H,23,27)(H,24,28). The average molecular weight is 418 g/mol. The first-order valence-electron chi connectivity index (χ1n) is 10.8. The van der Waals surface area contributed by atoms with Crippen LogP contribution in [0.25, 0.3) is 0 Å². The number of hydrogen-bond donors (Lipinski definition) is 4. The average Bonchev–Trinajstić information content (AvgIpc) is 3.40. The van der Waals surface area contributed by atoms with Crippen molar-refractivity contribution >= 4 is 17.7 Å². The first-order valence-corrected chi connectivity index (χ1v) is 10.8. The van der Waals surface area contributed by atoms with E-state index in [-0.39, 0.29) is 11.9 Å². The molecule has 8 nitrogen and oxygen atoms in total. The molecule has 1 aliphatic carbocycles. The first-order chi connectivity index (χ1) is 14.5. The molecule has 30 heavy (non-hydrogen) atoms. The maximum Gasteiger partial charge on any atom is 0.272 e. The quantitative estimate of drug-likeness (QED) is 0.377. The van der Waals surface area contributed by atoms with Crippen molar-refractivity contribution in [2.75, 3.05) is 6.54 Å². The summed E-state index contributed by atoms with van der Waals surface area (Å²) in [5.41, 5.74) is 3.78. The lowest BCUT2D eigenvalue weighted by molar-refractivity contribution is -0.152. The van der Waals surface area contributed by atoms with Crippen molar-refractivity contribution in [3.05, 3.63) is 35.4 Å². The van der Waals surface area contributed by atoms with Crippen LogP contribution >= 0.6 is 0 Å². The van der Waals surface area contributed by atoms with Crippen molar-refractivity contribution in [1.82, 2.24) is 15.7 Å². The lowest BCUT2D eigenvalue weighted by Crippen LogP contribution is -2.52. The van der Waals surface area contributed by atoms with Gasteiger partial charge in [0, 0.05) is 6.54 Å². The van der Waals surface area contributed by atoms with Crippen LogP contribution in [0.15, 0.2) is 24.3 Å². The Bertz CT molecular complexity index is 784. The minimum atomic E-state index is -1.65. The molecule has 0 bridgehead atoms. The number of amides is 3. The van der Waals surface area contributed by atoms with Gasteiger partial charge in [-0.05, 0) is 43.2 Å². The number of carbonyl (C=O) groups is 3. The second-order valence-electron chi connectivity index (χ2n) is 8.16. The molecule has 1 heterocycles. The summed E-state index contributed by atoms with van der Waals surface area (Å²) in [5, 5.41) is 22.2. The van der Waals surface area contributed by atoms with Crippen molar-refractivity contribution in [2.45, 2.75) is 70.1 Å². The van der Waals surface area contributed by atoms with Gasteiger partial charge in [0.15, 0.2) is 0 Å². The van der Waals surface area contributed by atoms with Gasteiger partial charge < -0.3 is 15.3 Å². The fourth-order valence-electron chi connectivity index (χ4n) is 4.58. The number of aliphatic hydroxyl groups is 1. The molecule has 1 aromatic rings. The highest BCUT2D eigenvalue weighted by Crippen LogP contribution is 2.32. The van der Waals surface area contributed by atoms with Crippen LogP contribution < -0.4 is 10.8 Å². The Labute approximate surface area is 176 Å². The van der Waals surface area contributed by atoms with Gasteiger partial charge in [0.1, 0.15) is 12.1 Å². The van der Waals surface area contributed by atoms with Gasteiger partial charge >= 0.3 is 0 Å². The zero-order chi connectivity index (χ0) is 21.7.